The minimum atomic E-state index is -0.556. The second-order valence-corrected chi connectivity index (χ2v) is 7.84. The van der Waals surface area contributed by atoms with Gasteiger partial charge in [-0.05, 0) is 30.5 Å². The van der Waals surface area contributed by atoms with Gasteiger partial charge in [0.1, 0.15) is 9.88 Å². The molecule has 8 heteroatoms. The number of aryl methyl sites for hydroxylation is 1. The van der Waals surface area contributed by atoms with Crippen LogP contribution in [0.5, 0.6) is 0 Å². The Hall–Kier alpha value is -2.22. The molecule has 5 nitrogen and oxygen atoms in total. The quantitative estimate of drug-likeness (QED) is 0.619. The maximum atomic E-state index is 12.3. The number of nitrogens with one attached hydrogen (secondary N) is 1. The van der Waals surface area contributed by atoms with E-state index in [0.29, 0.717) is 27.1 Å². The Labute approximate surface area is 163 Å². The van der Waals surface area contributed by atoms with Crippen LogP contribution in [-0.4, -0.2) is 23.5 Å². The van der Waals surface area contributed by atoms with Gasteiger partial charge in [-0.2, -0.15) is 0 Å². The molecule has 0 fully saturated rings. The zero-order chi connectivity index (χ0) is 18.5. The largest absolute Gasteiger partial charge is 0.451 e. The second-order valence-electron chi connectivity index (χ2n) is 5.38. The standard InChI is InChI=1S/C18H15ClN2O3S2/c1-11-16(26-17(21-11)12-4-2-5-13(19)8-12)18(23)24-10-15(22)20-9-14-6-3-7-25-14/h2-8H,9-10H2,1H3,(H,20,22). The topological polar surface area (TPSA) is 68.3 Å². The van der Waals surface area contributed by atoms with Crippen LogP contribution in [0.1, 0.15) is 20.2 Å². The molecule has 0 unspecified atom stereocenters. The number of hydrogen-bond donors (Lipinski definition) is 1. The molecule has 0 saturated carbocycles. The first-order valence-corrected chi connectivity index (χ1v) is 9.80. The number of amides is 1. The third-order valence-corrected chi connectivity index (χ3v) is 5.73. The minimum Gasteiger partial charge on any atom is -0.451 e. The number of thiophene rings is 1. The fourth-order valence-electron chi connectivity index (χ4n) is 2.18. The Kier molecular flexibility index (Phi) is 6.03. The summed E-state index contributed by atoms with van der Waals surface area (Å²) in [5.74, 6) is -0.900. The fourth-order valence-corrected chi connectivity index (χ4v) is 3.97. The van der Waals surface area contributed by atoms with Crippen LogP contribution < -0.4 is 5.32 Å². The number of hydrogen-bond acceptors (Lipinski definition) is 6. The maximum Gasteiger partial charge on any atom is 0.350 e. The van der Waals surface area contributed by atoms with Crippen LogP contribution in [0.2, 0.25) is 5.02 Å². The second kappa shape index (κ2) is 8.44. The number of halogens is 1. The van der Waals surface area contributed by atoms with Crippen molar-refractivity contribution in [3.63, 3.8) is 0 Å². The Morgan fingerprint density at radius 3 is 2.85 bits per heavy atom. The lowest BCUT2D eigenvalue weighted by Gasteiger charge is -2.05. The Bertz CT molecular complexity index is 922. The summed E-state index contributed by atoms with van der Waals surface area (Å²) in [6.45, 7) is 1.83. The lowest BCUT2D eigenvalue weighted by atomic mass is 10.2. The zero-order valence-electron chi connectivity index (χ0n) is 13.8. The third kappa shape index (κ3) is 4.69. The minimum absolute atomic E-state index is 0.325. The van der Waals surface area contributed by atoms with Crippen LogP contribution in [0.25, 0.3) is 10.6 Å². The average Bonchev–Trinajstić information content (AvgIpc) is 3.27. The molecule has 0 bridgehead atoms. The molecule has 0 aliphatic rings. The molecule has 2 heterocycles. The highest BCUT2D eigenvalue weighted by atomic mass is 35.5. The highest BCUT2D eigenvalue weighted by molar-refractivity contribution is 7.17. The monoisotopic (exact) mass is 406 g/mol. The number of rotatable bonds is 6. The van der Waals surface area contributed by atoms with Crippen molar-refractivity contribution in [3.8, 4) is 10.6 Å². The fraction of sp³-hybridized carbons (Fsp3) is 0.167. The van der Waals surface area contributed by atoms with Gasteiger partial charge in [-0.25, -0.2) is 9.78 Å². The Morgan fingerprint density at radius 2 is 2.12 bits per heavy atom. The number of thiazole rings is 1. The molecule has 3 aromatic rings. The number of nitrogens with zero attached hydrogens (tertiary/aromatic N) is 1. The highest BCUT2D eigenvalue weighted by Crippen LogP contribution is 2.29. The summed E-state index contributed by atoms with van der Waals surface area (Å²) in [4.78, 5) is 29.9. The highest BCUT2D eigenvalue weighted by Gasteiger charge is 2.18. The summed E-state index contributed by atoms with van der Waals surface area (Å²) in [5, 5.41) is 5.93. The summed E-state index contributed by atoms with van der Waals surface area (Å²) >= 11 is 8.77. The molecular formula is C18H15ClN2O3S2. The molecule has 2 aromatic heterocycles. The first kappa shape index (κ1) is 18.6. The van der Waals surface area contributed by atoms with Crippen molar-refractivity contribution in [1.29, 1.82) is 0 Å². The van der Waals surface area contributed by atoms with E-state index in [4.69, 9.17) is 16.3 Å². The molecule has 1 aromatic carbocycles. The van der Waals surface area contributed by atoms with E-state index in [1.165, 1.54) is 11.3 Å². The zero-order valence-corrected chi connectivity index (χ0v) is 16.2. The molecule has 0 aliphatic heterocycles. The van der Waals surface area contributed by atoms with Crippen LogP contribution in [0.4, 0.5) is 0 Å². The molecule has 1 N–H and O–H groups in total. The van der Waals surface area contributed by atoms with Crippen LogP contribution in [0.3, 0.4) is 0 Å². The smallest absolute Gasteiger partial charge is 0.350 e. The van der Waals surface area contributed by atoms with Gasteiger partial charge in [-0.15, -0.1) is 22.7 Å². The summed E-state index contributed by atoms with van der Waals surface area (Å²) in [5.41, 5.74) is 1.40. The van der Waals surface area contributed by atoms with E-state index in [1.807, 2.05) is 29.6 Å². The van der Waals surface area contributed by atoms with E-state index in [1.54, 1.807) is 30.4 Å². The summed E-state index contributed by atoms with van der Waals surface area (Å²) in [6.07, 6.45) is 0. The maximum absolute atomic E-state index is 12.3. The number of aromatic nitrogens is 1. The molecule has 134 valence electrons. The van der Waals surface area contributed by atoms with E-state index in [9.17, 15) is 9.59 Å². The molecule has 0 saturated heterocycles. The lowest BCUT2D eigenvalue weighted by Crippen LogP contribution is -2.28. The molecule has 3 rings (SSSR count). The van der Waals surface area contributed by atoms with E-state index in [-0.39, 0.29) is 12.5 Å². The molecule has 26 heavy (non-hydrogen) atoms. The number of esters is 1. The van der Waals surface area contributed by atoms with Gasteiger partial charge < -0.3 is 10.1 Å². The van der Waals surface area contributed by atoms with Crippen molar-refractivity contribution in [1.82, 2.24) is 10.3 Å². The number of carbonyl (C=O) groups excluding carboxylic acids is 2. The van der Waals surface area contributed by atoms with Gasteiger partial charge >= 0.3 is 5.97 Å². The van der Waals surface area contributed by atoms with Crippen molar-refractivity contribution in [2.75, 3.05) is 6.61 Å². The first-order valence-electron chi connectivity index (χ1n) is 7.72. The van der Waals surface area contributed by atoms with E-state index >= 15 is 0 Å². The average molecular weight is 407 g/mol. The van der Waals surface area contributed by atoms with Gasteiger partial charge in [-0.3, -0.25) is 4.79 Å². The van der Waals surface area contributed by atoms with Crippen molar-refractivity contribution in [2.24, 2.45) is 0 Å². The van der Waals surface area contributed by atoms with Gasteiger partial charge in [0.05, 0.1) is 12.2 Å². The summed E-state index contributed by atoms with van der Waals surface area (Å²) in [7, 11) is 0. The summed E-state index contributed by atoms with van der Waals surface area (Å²) in [6, 6.07) is 11.1. The first-order chi connectivity index (χ1) is 12.5. The summed E-state index contributed by atoms with van der Waals surface area (Å²) < 4.78 is 5.11. The number of benzene rings is 1. The van der Waals surface area contributed by atoms with Gasteiger partial charge in [0.2, 0.25) is 0 Å². The van der Waals surface area contributed by atoms with Crippen LogP contribution >= 0.6 is 34.3 Å². The van der Waals surface area contributed by atoms with E-state index in [2.05, 4.69) is 10.3 Å². The van der Waals surface area contributed by atoms with Crippen molar-refractivity contribution in [2.45, 2.75) is 13.5 Å². The van der Waals surface area contributed by atoms with Crippen molar-refractivity contribution >= 4 is 46.2 Å². The van der Waals surface area contributed by atoms with Gasteiger partial charge in [0.25, 0.3) is 5.91 Å². The molecule has 1 amide bonds. The molecule has 0 atom stereocenters. The van der Waals surface area contributed by atoms with Crippen LogP contribution in [0.15, 0.2) is 41.8 Å². The van der Waals surface area contributed by atoms with Gasteiger partial charge in [0, 0.05) is 15.5 Å². The number of ether oxygens (including phenoxy) is 1. The van der Waals surface area contributed by atoms with E-state index in [0.717, 1.165) is 10.4 Å². The molecule has 0 spiro atoms. The number of carbonyl (C=O) groups is 2. The third-order valence-electron chi connectivity index (χ3n) is 3.43. The van der Waals surface area contributed by atoms with Crippen molar-refractivity contribution in [3.05, 3.63) is 62.2 Å². The molecular weight excluding hydrogens is 392 g/mol. The van der Waals surface area contributed by atoms with E-state index < -0.39 is 5.97 Å². The normalized spacial score (nSPS) is 10.5. The van der Waals surface area contributed by atoms with Crippen molar-refractivity contribution < 1.29 is 14.3 Å². The molecule has 0 radical (unpaired) electrons. The van der Waals surface area contributed by atoms with Crippen LogP contribution in [-0.2, 0) is 16.1 Å². The van der Waals surface area contributed by atoms with Gasteiger partial charge in [-0.1, -0.05) is 29.8 Å². The Balaban J connectivity index is 1.58. The Morgan fingerprint density at radius 1 is 1.27 bits per heavy atom. The molecule has 0 aliphatic carbocycles. The SMILES string of the molecule is Cc1nc(-c2cccc(Cl)c2)sc1C(=O)OCC(=O)NCc1cccs1. The lowest BCUT2D eigenvalue weighted by molar-refractivity contribution is -0.124. The predicted molar refractivity (Wildman–Crippen MR) is 104 cm³/mol. The predicted octanol–water partition coefficient (Wildman–Crippen LogP) is 4.31. The van der Waals surface area contributed by atoms with Crippen LogP contribution in [0, 0.1) is 6.92 Å². The van der Waals surface area contributed by atoms with Gasteiger partial charge in [0.15, 0.2) is 6.61 Å².